The molecular formula is C11H14O. The van der Waals surface area contributed by atoms with Gasteiger partial charge in [0.15, 0.2) is 0 Å². The number of Topliss-reactive ketones (excluding diaryl/α,β-unsaturated/α-hetero) is 1. The first-order valence-corrected chi connectivity index (χ1v) is 4.63. The fraction of sp³-hybridized carbons (Fsp3) is 0.545. The number of ketones is 1. The van der Waals surface area contributed by atoms with Gasteiger partial charge in [0.05, 0.1) is 0 Å². The predicted molar refractivity (Wildman–Crippen MR) is 48.7 cm³/mol. The van der Waals surface area contributed by atoms with Crippen molar-refractivity contribution >= 4 is 5.78 Å². The van der Waals surface area contributed by atoms with Gasteiger partial charge in [-0.3, -0.25) is 4.79 Å². The lowest BCUT2D eigenvalue weighted by atomic mass is 9.92. The van der Waals surface area contributed by atoms with Crippen LogP contribution in [-0.2, 0) is 4.79 Å². The highest BCUT2D eigenvalue weighted by Crippen LogP contribution is 2.39. The zero-order valence-electron chi connectivity index (χ0n) is 7.36. The Labute approximate surface area is 73.2 Å². The molecule has 1 heteroatoms. The van der Waals surface area contributed by atoms with Gasteiger partial charge in [0.2, 0.25) is 0 Å². The van der Waals surface area contributed by atoms with Crippen LogP contribution in [0.2, 0.25) is 0 Å². The minimum atomic E-state index is 0.302. The van der Waals surface area contributed by atoms with Gasteiger partial charge < -0.3 is 0 Å². The van der Waals surface area contributed by atoms with Crippen molar-refractivity contribution in [2.45, 2.75) is 19.8 Å². The van der Waals surface area contributed by atoms with E-state index >= 15 is 0 Å². The molecule has 0 saturated heterocycles. The van der Waals surface area contributed by atoms with Gasteiger partial charge in [0.1, 0.15) is 5.78 Å². The molecule has 2 aliphatic rings. The maximum atomic E-state index is 11.2. The van der Waals surface area contributed by atoms with Gasteiger partial charge in [0.25, 0.3) is 0 Å². The molecule has 0 aromatic carbocycles. The van der Waals surface area contributed by atoms with Crippen molar-refractivity contribution in [2.75, 3.05) is 0 Å². The van der Waals surface area contributed by atoms with Gasteiger partial charge in [-0.05, 0) is 31.6 Å². The zero-order chi connectivity index (χ0) is 8.55. The minimum absolute atomic E-state index is 0.302. The lowest BCUT2D eigenvalue weighted by Crippen LogP contribution is -2.14. The third kappa shape index (κ3) is 1.24. The van der Waals surface area contributed by atoms with Gasteiger partial charge in [-0.2, -0.15) is 0 Å². The molecule has 0 radical (unpaired) electrons. The van der Waals surface area contributed by atoms with Crippen LogP contribution in [0.1, 0.15) is 19.8 Å². The van der Waals surface area contributed by atoms with E-state index < -0.39 is 0 Å². The van der Waals surface area contributed by atoms with E-state index in [0.717, 1.165) is 6.42 Å². The van der Waals surface area contributed by atoms with Gasteiger partial charge in [-0.1, -0.05) is 24.3 Å². The summed E-state index contributed by atoms with van der Waals surface area (Å²) < 4.78 is 0. The Bertz CT molecular complexity index is 250. The molecule has 0 heterocycles. The van der Waals surface area contributed by atoms with Crippen LogP contribution in [-0.4, -0.2) is 5.78 Å². The summed E-state index contributed by atoms with van der Waals surface area (Å²) in [7, 11) is 0. The Morgan fingerprint density at radius 2 is 2.00 bits per heavy atom. The highest BCUT2D eigenvalue weighted by molar-refractivity contribution is 5.79. The minimum Gasteiger partial charge on any atom is -0.300 e. The molecule has 0 aliphatic heterocycles. The summed E-state index contributed by atoms with van der Waals surface area (Å²) in [5.41, 5.74) is 0. The number of hydrogen-bond donors (Lipinski definition) is 0. The van der Waals surface area contributed by atoms with Crippen LogP contribution in [0.4, 0.5) is 0 Å². The molecule has 2 bridgehead atoms. The number of hydrogen-bond acceptors (Lipinski definition) is 1. The van der Waals surface area contributed by atoms with E-state index in [1.165, 1.54) is 6.42 Å². The van der Waals surface area contributed by atoms with Gasteiger partial charge in [-0.25, -0.2) is 0 Å². The second-order valence-corrected chi connectivity index (χ2v) is 3.88. The molecule has 2 aliphatic carbocycles. The highest BCUT2D eigenvalue weighted by Gasteiger charge is 2.34. The number of fused-ring (bicyclic) bond motifs is 2. The lowest BCUT2D eigenvalue weighted by Gasteiger charge is -2.11. The van der Waals surface area contributed by atoms with E-state index in [1.807, 2.05) is 0 Å². The molecule has 0 unspecified atom stereocenters. The summed E-state index contributed by atoms with van der Waals surface area (Å²) in [6.07, 6.45) is 10.9. The molecule has 1 fully saturated rings. The Hall–Kier alpha value is -0.850. The second kappa shape index (κ2) is 2.89. The summed E-state index contributed by atoms with van der Waals surface area (Å²) >= 11 is 0. The van der Waals surface area contributed by atoms with Crippen molar-refractivity contribution in [1.82, 2.24) is 0 Å². The van der Waals surface area contributed by atoms with Crippen LogP contribution in [0.25, 0.3) is 0 Å². The molecule has 0 spiro atoms. The summed E-state index contributed by atoms with van der Waals surface area (Å²) in [6.45, 7) is 1.72. The Balaban J connectivity index is 2.19. The third-order valence-electron chi connectivity index (χ3n) is 3.02. The van der Waals surface area contributed by atoms with Crippen molar-refractivity contribution in [1.29, 1.82) is 0 Å². The van der Waals surface area contributed by atoms with E-state index in [-0.39, 0.29) is 0 Å². The molecule has 1 saturated carbocycles. The van der Waals surface area contributed by atoms with E-state index in [1.54, 1.807) is 6.92 Å². The summed E-state index contributed by atoms with van der Waals surface area (Å²) in [5, 5.41) is 0. The Kier molecular flexibility index (Phi) is 1.87. The summed E-state index contributed by atoms with van der Waals surface area (Å²) in [5.74, 6) is 1.83. The van der Waals surface area contributed by atoms with Crippen LogP contribution in [0.3, 0.4) is 0 Å². The van der Waals surface area contributed by atoms with Crippen molar-refractivity contribution in [2.24, 2.45) is 17.8 Å². The normalized spacial score (nSPS) is 38.2. The fourth-order valence-electron chi connectivity index (χ4n) is 2.38. The highest BCUT2D eigenvalue weighted by atomic mass is 16.1. The largest absolute Gasteiger partial charge is 0.300 e. The number of carbonyl (C=O) groups excluding carboxylic acids is 1. The SMILES string of the molecule is CC(=O)[C@@H]1C[C@H]2C=CC=C[C@@H]1C2. The third-order valence-corrected chi connectivity index (χ3v) is 3.02. The van der Waals surface area contributed by atoms with Gasteiger partial charge >= 0.3 is 0 Å². The van der Waals surface area contributed by atoms with E-state index in [9.17, 15) is 4.79 Å². The molecule has 64 valence electrons. The average Bonchev–Trinajstić information content (AvgIpc) is 2.23. The topological polar surface area (TPSA) is 17.1 Å². The zero-order valence-corrected chi connectivity index (χ0v) is 7.36. The number of rotatable bonds is 1. The van der Waals surface area contributed by atoms with Gasteiger partial charge in [0, 0.05) is 5.92 Å². The molecule has 0 amide bonds. The summed E-state index contributed by atoms with van der Waals surface area (Å²) in [6, 6.07) is 0. The average molecular weight is 162 g/mol. The first-order chi connectivity index (χ1) is 5.77. The molecule has 3 atom stereocenters. The van der Waals surface area contributed by atoms with Crippen molar-refractivity contribution < 1.29 is 4.79 Å². The molecule has 1 nitrogen and oxygen atoms in total. The molecule has 0 N–H and O–H groups in total. The molecule has 12 heavy (non-hydrogen) atoms. The molecular weight excluding hydrogens is 148 g/mol. The summed E-state index contributed by atoms with van der Waals surface area (Å²) in [4.78, 5) is 11.2. The van der Waals surface area contributed by atoms with Gasteiger partial charge in [-0.15, -0.1) is 0 Å². The maximum Gasteiger partial charge on any atom is 0.133 e. The Morgan fingerprint density at radius 1 is 1.25 bits per heavy atom. The fourth-order valence-corrected chi connectivity index (χ4v) is 2.38. The first kappa shape index (κ1) is 7.78. The smallest absolute Gasteiger partial charge is 0.133 e. The molecule has 0 aromatic heterocycles. The van der Waals surface area contributed by atoms with Crippen molar-refractivity contribution in [3.63, 3.8) is 0 Å². The van der Waals surface area contributed by atoms with Crippen LogP contribution in [0.5, 0.6) is 0 Å². The quantitative estimate of drug-likeness (QED) is 0.578. The van der Waals surface area contributed by atoms with Crippen LogP contribution >= 0.6 is 0 Å². The maximum absolute atomic E-state index is 11.2. The van der Waals surface area contributed by atoms with E-state index in [0.29, 0.717) is 23.5 Å². The monoisotopic (exact) mass is 162 g/mol. The lowest BCUT2D eigenvalue weighted by molar-refractivity contribution is -0.121. The van der Waals surface area contributed by atoms with Crippen LogP contribution in [0, 0.1) is 17.8 Å². The molecule has 2 rings (SSSR count). The van der Waals surface area contributed by atoms with Crippen LogP contribution < -0.4 is 0 Å². The first-order valence-electron chi connectivity index (χ1n) is 4.63. The second-order valence-electron chi connectivity index (χ2n) is 3.88. The van der Waals surface area contributed by atoms with E-state index in [4.69, 9.17) is 0 Å². The standard InChI is InChI=1S/C11H14O/c1-8(12)11-7-9-4-2-3-5-10(11)6-9/h2-5,9-11H,6-7H2,1H3/t9-,10+,11-/m0/s1. The Morgan fingerprint density at radius 3 is 2.75 bits per heavy atom. The molecule has 0 aromatic rings. The number of allylic oxidation sites excluding steroid dienone is 4. The van der Waals surface area contributed by atoms with Crippen molar-refractivity contribution in [3.05, 3.63) is 24.3 Å². The van der Waals surface area contributed by atoms with Crippen molar-refractivity contribution in [3.8, 4) is 0 Å². The van der Waals surface area contributed by atoms with Crippen LogP contribution in [0.15, 0.2) is 24.3 Å². The number of carbonyl (C=O) groups is 1. The predicted octanol–water partition coefficient (Wildman–Crippen LogP) is 2.34. The van der Waals surface area contributed by atoms with E-state index in [2.05, 4.69) is 24.3 Å².